The molecule has 2 amide bonds. The number of sulfonamides is 1. The van der Waals surface area contributed by atoms with Crippen LogP contribution in [0.4, 0.5) is 10.5 Å². The van der Waals surface area contributed by atoms with Crippen LogP contribution in [0.15, 0.2) is 28.0 Å². The van der Waals surface area contributed by atoms with Crippen molar-refractivity contribution in [2.75, 3.05) is 38.1 Å². The first kappa shape index (κ1) is 19.0. The predicted octanol–water partition coefficient (Wildman–Crippen LogP) is 1.58. The Bertz CT molecular complexity index is 819. The topological polar surface area (TPSA) is 96.0 Å². The second kappa shape index (κ2) is 7.45. The number of thioether (sulfide) groups is 1. The molecule has 26 heavy (non-hydrogen) atoms. The molecule has 0 spiro atoms. The highest BCUT2D eigenvalue weighted by molar-refractivity contribution is 8.01. The highest BCUT2D eigenvalue weighted by Gasteiger charge is 2.32. The number of rotatable bonds is 3. The summed E-state index contributed by atoms with van der Waals surface area (Å²) in [6, 6.07) is 4.78. The number of carbonyl (C=O) groups excluding carboxylic acids is 2. The van der Waals surface area contributed by atoms with Crippen molar-refractivity contribution >= 4 is 39.5 Å². The Balaban J connectivity index is 1.74. The summed E-state index contributed by atoms with van der Waals surface area (Å²) in [5.74, 6) is -0.139. The van der Waals surface area contributed by atoms with Crippen molar-refractivity contribution in [2.24, 2.45) is 0 Å². The molecule has 1 N–H and O–H groups in total. The molecule has 2 aliphatic heterocycles. The lowest BCUT2D eigenvalue weighted by Gasteiger charge is -2.33. The van der Waals surface area contributed by atoms with Crippen LogP contribution in [0.2, 0.25) is 0 Å². The molecule has 1 atom stereocenters. The lowest BCUT2D eigenvalue weighted by Crippen LogP contribution is -2.50. The number of hydrogen-bond donors (Lipinski definition) is 1. The number of nitrogens with one attached hydrogen (secondary N) is 1. The Kier molecular flexibility index (Phi) is 5.44. The molecule has 10 heteroatoms. The minimum Gasteiger partial charge on any atom is -0.450 e. The zero-order chi connectivity index (χ0) is 18.9. The van der Waals surface area contributed by atoms with E-state index in [0.29, 0.717) is 5.69 Å². The van der Waals surface area contributed by atoms with Crippen LogP contribution >= 0.6 is 11.8 Å². The van der Waals surface area contributed by atoms with Crippen molar-refractivity contribution in [1.82, 2.24) is 9.21 Å². The number of fused-ring (bicyclic) bond motifs is 1. The van der Waals surface area contributed by atoms with Crippen molar-refractivity contribution in [1.29, 1.82) is 0 Å². The van der Waals surface area contributed by atoms with Gasteiger partial charge in [-0.15, -0.1) is 11.8 Å². The first-order valence-corrected chi connectivity index (χ1v) is 10.7. The van der Waals surface area contributed by atoms with Crippen molar-refractivity contribution in [3.05, 3.63) is 18.2 Å². The molecule has 142 valence electrons. The van der Waals surface area contributed by atoms with Gasteiger partial charge in [0, 0.05) is 31.1 Å². The molecule has 8 nitrogen and oxygen atoms in total. The number of benzene rings is 1. The third-order valence-corrected chi connectivity index (χ3v) is 7.36. The minimum atomic E-state index is -3.69. The zero-order valence-corrected chi connectivity index (χ0v) is 16.2. The van der Waals surface area contributed by atoms with Crippen LogP contribution < -0.4 is 5.32 Å². The largest absolute Gasteiger partial charge is 0.450 e. The third-order valence-electron chi connectivity index (χ3n) is 4.28. The van der Waals surface area contributed by atoms with Gasteiger partial charge in [0.2, 0.25) is 15.9 Å². The van der Waals surface area contributed by atoms with E-state index in [4.69, 9.17) is 4.74 Å². The van der Waals surface area contributed by atoms with Gasteiger partial charge in [0.05, 0.1) is 22.4 Å². The minimum absolute atomic E-state index is 0.135. The molecule has 3 rings (SSSR count). The van der Waals surface area contributed by atoms with Gasteiger partial charge in [-0.25, -0.2) is 13.2 Å². The molecule has 1 aromatic rings. The standard InChI is InChI=1S/C16H21N3O5S2/c1-3-24-16(21)18-6-8-19(9-7-18)26(22,23)12-4-5-14-13(10-12)17-15(20)11(2)25-14/h4-5,10-11H,3,6-9H2,1-2H3,(H,17,20)/t11-/m0/s1. The molecule has 0 unspecified atom stereocenters. The number of anilines is 1. The van der Waals surface area contributed by atoms with E-state index >= 15 is 0 Å². The van der Waals surface area contributed by atoms with Crippen LogP contribution in [0.5, 0.6) is 0 Å². The highest BCUT2D eigenvalue weighted by atomic mass is 32.2. The lowest BCUT2D eigenvalue weighted by atomic mass is 10.3. The Morgan fingerprint density at radius 1 is 1.31 bits per heavy atom. The molecule has 0 aromatic heterocycles. The number of piperazine rings is 1. The normalized spacial score (nSPS) is 21.1. The molecule has 2 heterocycles. The summed E-state index contributed by atoms with van der Waals surface area (Å²) in [5, 5.41) is 2.54. The lowest BCUT2D eigenvalue weighted by molar-refractivity contribution is -0.115. The van der Waals surface area contributed by atoms with E-state index < -0.39 is 16.1 Å². The van der Waals surface area contributed by atoms with E-state index in [2.05, 4.69) is 5.32 Å². The maximum Gasteiger partial charge on any atom is 0.409 e. The highest BCUT2D eigenvalue weighted by Crippen LogP contribution is 2.37. The summed E-state index contributed by atoms with van der Waals surface area (Å²) >= 11 is 1.40. The number of amides is 2. The Morgan fingerprint density at radius 3 is 2.65 bits per heavy atom. The van der Waals surface area contributed by atoms with Gasteiger partial charge < -0.3 is 15.0 Å². The first-order valence-electron chi connectivity index (χ1n) is 8.36. The van der Waals surface area contributed by atoms with Gasteiger partial charge in [-0.05, 0) is 32.0 Å². The summed E-state index contributed by atoms with van der Waals surface area (Å²) < 4.78 is 32.1. The average molecular weight is 399 g/mol. The first-order chi connectivity index (χ1) is 12.3. The molecule has 1 fully saturated rings. The molecule has 0 saturated carbocycles. The molecule has 0 radical (unpaired) electrons. The maximum atomic E-state index is 12.9. The fourth-order valence-corrected chi connectivity index (χ4v) is 5.20. The summed E-state index contributed by atoms with van der Waals surface area (Å²) in [7, 11) is -3.69. The van der Waals surface area contributed by atoms with Crippen LogP contribution in [0.1, 0.15) is 13.8 Å². The second-order valence-corrected chi connectivity index (χ2v) is 9.32. The van der Waals surface area contributed by atoms with E-state index in [9.17, 15) is 18.0 Å². The zero-order valence-electron chi connectivity index (χ0n) is 14.6. The van der Waals surface area contributed by atoms with Crippen molar-refractivity contribution in [3.63, 3.8) is 0 Å². The number of hydrogen-bond acceptors (Lipinski definition) is 6. The third kappa shape index (κ3) is 3.67. The van der Waals surface area contributed by atoms with Crippen LogP contribution in [-0.4, -0.2) is 67.7 Å². The van der Waals surface area contributed by atoms with Gasteiger partial charge >= 0.3 is 6.09 Å². The van der Waals surface area contributed by atoms with Gasteiger partial charge in [0.15, 0.2) is 0 Å². The monoisotopic (exact) mass is 399 g/mol. The molecular weight excluding hydrogens is 378 g/mol. The molecule has 0 aliphatic carbocycles. The van der Waals surface area contributed by atoms with Gasteiger partial charge in [-0.2, -0.15) is 4.31 Å². The smallest absolute Gasteiger partial charge is 0.409 e. The second-order valence-electron chi connectivity index (χ2n) is 6.00. The van der Waals surface area contributed by atoms with Crippen LogP contribution in [-0.2, 0) is 19.6 Å². The number of nitrogens with zero attached hydrogens (tertiary/aromatic N) is 2. The number of carbonyl (C=O) groups is 2. The molecule has 0 bridgehead atoms. The average Bonchev–Trinajstić information content (AvgIpc) is 2.62. The van der Waals surface area contributed by atoms with Gasteiger partial charge in [-0.1, -0.05) is 0 Å². The Morgan fingerprint density at radius 2 is 2.00 bits per heavy atom. The van der Waals surface area contributed by atoms with E-state index in [-0.39, 0.29) is 48.8 Å². The Hall–Kier alpha value is -1.78. The predicted molar refractivity (Wildman–Crippen MR) is 97.7 cm³/mol. The van der Waals surface area contributed by atoms with Crippen LogP contribution in [0.25, 0.3) is 0 Å². The summed E-state index contributed by atoms with van der Waals surface area (Å²) in [6.07, 6.45) is -0.424. The van der Waals surface area contributed by atoms with Crippen LogP contribution in [0.3, 0.4) is 0 Å². The summed E-state index contributed by atoms with van der Waals surface area (Å²) in [6.45, 7) is 4.80. The SMILES string of the molecule is CCOC(=O)N1CCN(S(=O)(=O)c2ccc3c(c2)NC(=O)[C@H](C)S3)CC1. The quantitative estimate of drug-likeness (QED) is 0.829. The molecule has 2 aliphatic rings. The van der Waals surface area contributed by atoms with E-state index in [1.807, 2.05) is 0 Å². The molecular formula is C16H21N3O5S2. The van der Waals surface area contributed by atoms with Gasteiger partial charge in [0.25, 0.3) is 0 Å². The summed E-state index contributed by atoms with van der Waals surface area (Å²) in [5.41, 5.74) is 0.518. The van der Waals surface area contributed by atoms with Crippen molar-refractivity contribution in [3.8, 4) is 0 Å². The summed E-state index contributed by atoms with van der Waals surface area (Å²) in [4.78, 5) is 26.1. The van der Waals surface area contributed by atoms with Crippen molar-refractivity contribution in [2.45, 2.75) is 28.9 Å². The van der Waals surface area contributed by atoms with Crippen molar-refractivity contribution < 1.29 is 22.7 Å². The maximum absolute atomic E-state index is 12.9. The van der Waals surface area contributed by atoms with Gasteiger partial charge in [0.1, 0.15) is 0 Å². The molecule has 1 aromatic carbocycles. The Labute approximate surface area is 156 Å². The number of ether oxygens (including phenoxy) is 1. The fraction of sp³-hybridized carbons (Fsp3) is 0.500. The van der Waals surface area contributed by atoms with Gasteiger partial charge in [-0.3, -0.25) is 4.79 Å². The fourth-order valence-electron chi connectivity index (χ4n) is 2.82. The van der Waals surface area contributed by atoms with E-state index in [1.165, 1.54) is 27.0 Å². The van der Waals surface area contributed by atoms with E-state index in [1.54, 1.807) is 26.0 Å². The van der Waals surface area contributed by atoms with Crippen LogP contribution in [0, 0.1) is 0 Å². The molecule has 1 saturated heterocycles. The van der Waals surface area contributed by atoms with E-state index in [0.717, 1.165) is 4.90 Å².